The highest BCUT2D eigenvalue weighted by Gasteiger charge is 2.33. The van der Waals surface area contributed by atoms with Gasteiger partial charge in [0.15, 0.2) is 0 Å². The van der Waals surface area contributed by atoms with Gasteiger partial charge in [0, 0.05) is 16.9 Å². The lowest BCUT2D eigenvalue weighted by molar-refractivity contribution is 0.143. The molecule has 0 spiro atoms. The fraction of sp³-hybridized carbons (Fsp3) is 0.500. The lowest BCUT2D eigenvalue weighted by atomic mass is 9.76. The molecule has 2 heteroatoms. The molecule has 1 saturated heterocycles. The summed E-state index contributed by atoms with van der Waals surface area (Å²) in [7, 11) is 0. The van der Waals surface area contributed by atoms with Crippen LogP contribution < -0.4 is 0 Å². The van der Waals surface area contributed by atoms with Gasteiger partial charge in [-0.25, -0.2) is 0 Å². The highest BCUT2D eigenvalue weighted by Crippen LogP contribution is 2.41. The molecular weight excluding hydrogens is 244 g/mol. The molecule has 0 saturated carbocycles. The Morgan fingerprint density at radius 2 is 2.11 bits per heavy atom. The van der Waals surface area contributed by atoms with Gasteiger partial charge in [-0.3, -0.25) is 0 Å². The molecule has 1 fully saturated rings. The predicted molar refractivity (Wildman–Crippen MR) is 75.5 cm³/mol. The molecule has 0 bridgehead atoms. The first kappa shape index (κ1) is 12.1. The normalized spacial score (nSPS) is 35.4. The van der Waals surface area contributed by atoms with Crippen molar-refractivity contribution in [2.24, 2.45) is 11.8 Å². The van der Waals surface area contributed by atoms with Crippen LogP contribution in [0.4, 0.5) is 0 Å². The second kappa shape index (κ2) is 4.97. The van der Waals surface area contributed by atoms with Gasteiger partial charge in [0.05, 0.1) is 6.61 Å². The zero-order chi connectivity index (χ0) is 12.5. The third-order valence-electron chi connectivity index (χ3n) is 4.14. The summed E-state index contributed by atoms with van der Waals surface area (Å²) >= 11 is 6.27. The van der Waals surface area contributed by atoms with Crippen LogP contribution in [0.3, 0.4) is 0 Å². The van der Waals surface area contributed by atoms with Crippen molar-refractivity contribution >= 4 is 11.6 Å². The van der Waals surface area contributed by atoms with Crippen molar-refractivity contribution in [1.82, 2.24) is 0 Å². The number of hydrogen-bond acceptors (Lipinski definition) is 1. The van der Waals surface area contributed by atoms with E-state index in [9.17, 15) is 0 Å². The Morgan fingerprint density at radius 3 is 2.94 bits per heavy atom. The average molecular weight is 263 g/mol. The molecule has 0 amide bonds. The molecule has 0 N–H and O–H groups in total. The Labute approximate surface area is 114 Å². The number of alkyl halides is 1. The highest BCUT2D eigenvalue weighted by molar-refractivity contribution is 6.20. The van der Waals surface area contributed by atoms with Gasteiger partial charge in [0.25, 0.3) is 0 Å². The lowest BCUT2D eigenvalue weighted by Crippen LogP contribution is -2.30. The summed E-state index contributed by atoms with van der Waals surface area (Å²) in [5.41, 5.74) is 2.48. The van der Waals surface area contributed by atoms with E-state index in [1.54, 1.807) is 0 Å². The van der Waals surface area contributed by atoms with Crippen LogP contribution >= 0.6 is 11.6 Å². The van der Waals surface area contributed by atoms with Crippen molar-refractivity contribution in [3.05, 3.63) is 47.8 Å². The standard InChI is InChI=1S/C16H19ClO/c1-11-14-7-2-3-8-16(14)18-10-15(11)12-5-4-6-13(17)9-12/h4-5,7-8,12-13,15H,1-3,6,9-10H2. The van der Waals surface area contributed by atoms with Gasteiger partial charge >= 0.3 is 0 Å². The molecule has 3 aliphatic rings. The predicted octanol–water partition coefficient (Wildman–Crippen LogP) is 4.37. The summed E-state index contributed by atoms with van der Waals surface area (Å²) in [5.74, 6) is 1.92. The molecule has 0 aromatic carbocycles. The van der Waals surface area contributed by atoms with Gasteiger partial charge in [-0.05, 0) is 43.3 Å². The summed E-state index contributed by atoms with van der Waals surface area (Å²) in [6.07, 6.45) is 13.2. The molecule has 18 heavy (non-hydrogen) atoms. The van der Waals surface area contributed by atoms with Gasteiger partial charge in [-0.15, -0.1) is 11.6 Å². The van der Waals surface area contributed by atoms with E-state index in [1.807, 2.05) is 0 Å². The topological polar surface area (TPSA) is 9.23 Å². The summed E-state index contributed by atoms with van der Waals surface area (Å²) < 4.78 is 5.91. The molecule has 0 aromatic rings. The van der Waals surface area contributed by atoms with Crippen molar-refractivity contribution in [3.63, 3.8) is 0 Å². The molecule has 1 aliphatic heterocycles. The van der Waals surface area contributed by atoms with Crippen LogP contribution in [0.1, 0.15) is 25.7 Å². The average Bonchev–Trinajstić information content (AvgIpc) is 2.39. The van der Waals surface area contributed by atoms with Crippen molar-refractivity contribution in [2.45, 2.75) is 31.1 Å². The van der Waals surface area contributed by atoms with Crippen LogP contribution in [0.25, 0.3) is 0 Å². The SMILES string of the molecule is C=C1C2=CCCC=C2OCC1C1C=CCC(Cl)C1. The molecule has 0 radical (unpaired) electrons. The Kier molecular flexibility index (Phi) is 3.34. The van der Waals surface area contributed by atoms with E-state index in [0.29, 0.717) is 11.8 Å². The molecule has 3 atom stereocenters. The number of ether oxygens (including phenoxy) is 1. The second-order valence-corrected chi connectivity index (χ2v) is 5.98. The Balaban J connectivity index is 1.80. The quantitative estimate of drug-likeness (QED) is 0.504. The van der Waals surface area contributed by atoms with Crippen molar-refractivity contribution in [3.8, 4) is 0 Å². The van der Waals surface area contributed by atoms with E-state index >= 15 is 0 Å². The van der Waals surface area contributed by atoms with E-state index in [0.717, 1.165) is 38.0 Å². The lowest BCUT2D eigenvalue weighted by Gasteiger charge is -2.36. The molecule has 0 aromatic heterocycles. The molecule has 1 heterocycles. The Morgan fingerprint density at radius 1 is 1.28 bits per heavy atom. The maximum absolute atomic E-state index is 6.27. The van der Waals surface area contributed by atoms with Crippen LogP contribution in [0.5, 0.6) is 0 Å². The number of allylic oxidation sites excluding steroid dienone is 5. The Bertz CT molecular complexity index is 444. The van der Waals surface area contributed by atoms with Gasteiger partial charge in [0.1, 0.15) is 5.76 Å². The van der Waals surface area contributed by atoms with Crippen LogP contribution in [0.2, 0.25) is 0 Å². The van der Waals surface area contributed by atoms with E-state index in [-0.39, 0.29) is 5.38 Å². The van der Waals surface area contributed by atoms with E-state index < -0.39 is 0 Å². The summed E-state index contributed by atoms with van der Waals surface area (Å²) in [5, 5.41) is 0.269. The zero-order valence-corrected chi connectivity index (χ0v) is 11.3. The van der Waals surface area contributed by atoms with E-state index in [1.165, 1.54) is 11.1 Å². The fourth-order valence-corrected chi connectivity index (χ4v) is 3.42. The molecule has 96 valence electrons. The van der Waals surface area contributed by atoms with Crippen molar-refractivity contribution in [2.75, 3.05) is 6.61 Å². The van der Waals surface area contributed by atoms with Crippen molar-refractivity contribution in [1.29, 1.82) is 0 Å². The van der Waals surface area contributed by atoms with Crippen molar-refractivity contribution < 1.29 is 4.74 Å². The van der Waals surface area contributed by atoms with Crippen LogP contribution in [-0.2, 0) is 4.74 Å². The minimum atomic E-state index is 0.269. The fourth-order valence-electron chi connectivity index (χ4n) is 3.11. The van der Waals surface area contributed by atoms with Gasteiger partial charge in [-0.1, -0.05) is 24.8 Å². The monoisotopic (exact) mass is 262 g/mol. The van der Waals surface area contributed by atoms with Crippen LogP contribution in [0, 0.1) is 11.8 Å². The third kappa shape index (κ3) is 2.16. The number of rotatable bonds is 1. The molecular formula is C16H19ClO. The minimum Gasteiger partial charge on any atom is -0.493 e. The molecule has 3 unspecified atom stereocenters. The largest absolute Gasteiger partial charge is 0.493 e. The summed E-state index contributed by atoms with van der Waals surface area (Å²) in [4.78, 5) is 0. The van der Waals surface area contributed by atoms with E-state index in [2.05, 4.69) is 30.9 Å². The highest BCUT2D eigenvalue weighted by atomic mass is 35.5. The number of halogens is 1. The Hall–Kier alpha value is -0.950. The van der Waals surface area contributed by atoms with Gasteiger partial charge in [-0.2, -0.15) is 0 Å². The first-order valence-electron chi connectivity index (χ1n) is 6.79. The maximum Gasteiger partial charge on any atom is 0.122 e. The molecule has 1 nitrogen and oxygen atoms in total. The van der Waals surface area contributed by atoms with Crippen LogP contribution in [0.15, 0.2) is 47.8 Å². The number of fused-ring (bicyclic) bond motifs is 1. The minimum absolute atomic E-state index is 0.269. The van der Waals surface area contributed by atoms with Gasteiger partial charge in [0.2, 0.25) is 0 Å². The number of hydrogen-bond donors (Lipinski definition) is 0. The zero-order valence-electron chi connectivity index (χ0n) is 10.6. The first-order valence-corrected chi connectivity index (χ1v) is 7.22. The molecule has 3 rings (SSSR count). The summed E-state index contributed by atoms with van der Waals surface area (Å²) in [6.45, 7) is 5.06. The molecule has 2 aliphatic carbocycles. The first-order chi connectivity index (χ1) is 8.75. The maximum atomic E-state index is 6.27. The second-order valence-electron chi connectivity index (χ2n) is 5.37. The third-order valence-corrected chi connectivity index (χ3v) is 4.50. The van der Waals surface area contributed by atoms with Gasteiger partial charge < -0.3 is 4.74 Å². The van der Waals surface area contributed by atoms with Crippen LogP contribution in [-0.4, -0.2) is 12.0 Å². The van der Waals surface area contributed by atoms with E-state index in [4.69, 9.17) is 16.3 Å². The summed E-state index contributed by atoms with van der Waals surface area (Å²) in [6, 6.07) is 0. The smallest absolute Gasteiger partial charge is 0.122 e.